The molecule has 0 amide bonds. The van der Waals surface area contributed by atoms with Gasteiger partial charge in [-0.3, -0.25) is 0 Å². The van der Waals surface area contributed by atoms with Gasteiger partial charge in [-0.2, -0.15) is 0 Å². The van der Waals surface area contributed by atoms with Gasteiger partial charge >= 0.3 is 0 Å². The van der Waals surface area contributed by atoms with Crippen molar-refractivity contribution in [2.24, 2.45) is 0 Å². The molecule has 0 aliphatic rings. The van der Waals surface area contributed by atoms with Gasteiger partial charge in [-0.25, -0.2) is 4.39 Å². The largest absolute Gasteiger partial charge is 0.383 e. The summed E-state index contributed by atoms with van der Waals surface area (Å²) in [5.41, 5.74) is 2.00. The topological polar surface area (TPSA) is 15.3 Å². The summed E-state index contributed by atoms with van der Waals surface area (Å²) < 4.78 is 13.1. The van der Waals surface area contributed by atoms with Crippen LogP contribution in [0, 0.1) is 5.82 Å². The zero-order valence-corrected chi connectivity index (χ0v) is 10.4. The zero-order chi connectivity index (χ0) is 12.8. The zero-order valence-electron chi connectivity index (χ0n) is 10.4. The van der Waals surface area contributed by atoms with Crippen LogP contribution in [0.1, 0.15) is 0 Å². The Balaban J connectivity index is 1.83. The molecule has 1 N–H and O–H groups in total. The van der Waals surface area contributed by atoms with Crippen LogP contribution in [0.3, 0.4) is 0 Å². The van der Waals surface area contributed by atoms with Gasteiger partial charge in [-0.1, -0.05) is 24.3 Å². The summed E-state index contributed by atoms with van der Waals surface area (Å²) in [6, 6.07) is 16.7. The average molecular weight is 244 g/mol. The van der Waals surface area contributed by atoms with Crippen molar-refractivity contribution in [2.75, 3.05) is 30.4 Å². The molecule has 2 rings (SSSR count). The van der Waals surface area contributed by atoms with Crippen molar-refractivity contribution in [1.82, 2.24) is 0 Å². The molecule has 0 aliphatic carbocycles. The van der Waals surface area contributed by atoms with E-state index in [2.05, 4.69) is 5.32 Å². The van der Waals surface area contributed by atoms with Gasteiger partial charge in [0.2, 0.25) is 0 Å². The SMILES string of the molecule is CN(CCNc1ccccc1)c1cccc(F)c1. The van der Waals surface area contributed by atoms with E-state index >= 15 is 0 Å². The molecular weight excluding hydrogens is 227 g/mol. The highest BCUT2D eigenvalue weighted by Crippen LogP contribution is 2.13. The predicted octanol–water partition coefficient (Wildman–Crippen LogP) is 3.37. The number of nitrogens with one attached hydrogen (secondary N) is 1. The molecule has 0 saturated heterocycles. The lowest BCUT2D eigenvalue weighted by atomic mass is 10.3. The monoisotopic (exact) mass is 244 g/mol. The Morgan fingerprint density at radius 3 is 2.56 bits per heavy atom. The van der Waals surface area contributed by atoms with E-state index in [0.29, 0.717) is 0 Å². The van der Waals surface area contributed by atoms with Crippen LogP contribution >= 0.6 is 0 Å². The third kappa shape index (κ3) is 3.48. The molecule has 18 heavy (non-hydrogen) atoms. The quantitative estimate of drug-likeness (QED) is 0.867. The predicted molar refractivity (Wildman–Crippen MR) is 74.6 cm³/mol. The standard InChI is InChI=1S/C15H17FN2/c1-18(15-9-5-6-13(16)12-15)11-10-17-14-7-3-2-4-8-14/h2-9,12,17H,10-11H2,1H3. The molecule has 0 heterocycles. The lowest BCUT2D eigenvalue weighted by Gasteiger charge is -2.19. The maximum Gasteiger partial charge on any atom is 0.125 e. The molecule has 94 valence electrons. The Morgan fingerprint density at radius 1 is 1.06 bits per heavy atom. The van der Waals surface area contributed by atoms with Gasteiger partial charge in [0.05, 0.1) is 0 Å². The normalized spacial score (nSPS) is 10.1. The molecule has 0 radical (unpaired) electrons. The van der Waals surface area contributed by atoms with Crippen molar-refractivity contribution in [3.05, 3.63) is 60.4 Å². The lowest BCUT2D eigenvalue weighted by molar-refractivity contribution is 0.627. The molecular formula is C15H17FN2. The van der Waals surface area contributed by atoms with Crippen LogP contribution in [0.25, 0.3) is 0 Å². The molecule has 0 aromatic heterocycles. The van der Waals surface area contributed by atoms with Crippen molar-refractivity contribution < 1.29 is 4.39 Å². The van der Waals surface area contributed by atoms with E-state index in [0.717, 1.165) is 24.5 Å². The van der Waals surface area contributed by atoms with Crippen LogP contribution < -0.4 is 10.2 Å². The van der Waals surface area contributed by atoms with Crippen LogP contribution in [0.15, 0.2) is 54.6 Å². The second-order valence-electron chi connectivity index (χ2n) is 4.19. The van der Waals surface area contributed by atoms with Crippen molar-refractivity contribution in [2.45, 2.75) is 0 Å². The summed E-state index contributed by atoms with van der Waals surface area (Å²) in [4.78, 5) is 2.03. The van der Waals surface area contributed by atoms with E-state index in [1.54, 1.807) is 12.1 Å². The number of benzene rings is 2. The van der Waals surface area contributed by atoms with Crippen molar-refractivity contribution >= 4 is 11.4 Å². The summed E-state index contributed by atoms with van der Waals surface area (Å²) in [6.45, 7) is 1.63. The number of hydrogen-bond donors (Lipinski definition) is 1. The summed E-state index contributed by atoms with van der Waals surface area (Å²) in [7, 11) is 1.96. The Labute approximate surface area is 107 Å². The first kappa shape index (κ1) is 12.4. The molecule has 0 atom stereocenters. The van der Waals surface area contributed by atoms with Gasteiger partial charge in [-0.15, -0.1) is 0 Å². The van der Waals surface area contributed by atoms with Crippen LogP contribution in [-0.4, -0.2) is 20.1 Å². The van der Waals surface area contributed by atoms with Gasteiger partial charge < -0.3 is 10.2 Å². The number of anilines is 2. The van der Waals surface area contributed by atoms with Crippen LogP contribution in [0.4, 0.5) is 15.8 Å². The molecule has 0 saturated carbocycles. The maximum absolute atomic E-state index is 13.1. The second kappa shape index (κ2) is 6.05. The highest BCUT2D eigenvalue weighted by Gasteiger charge is 2.01. The average Bonchev–Trinajstić information content (AvgIpc) is 2.40. The van der Waals surface area contributed by atoms with Crippen molar-refractivity contribution in [3.8, 4) is 0 Å². The van der Waals surface area contributed by atoms with Gasteiger partial charge in [0.15, 0.2) is 0 Å². The fourth-order valence-electron chi connectivity index (χ4n) is 1.77. The van der Waals surface area contributed by atoms with E-state index in [4.69, 9.17) is 0 Å². The molecule has 0 spiro atoms. The molecule has 0 aliphatic heterocycles. The highest BCUT2D eigenvalue weighted by molar-refractivity contribution is 5.46. The second-order valence-corrected chi connectivity index (χ2v) is 4.19. The summed E-state index contributed by atoms with van der Waals surface area (Å²) in [5, 5.41) is 3.32. The first-order chi connectivity index (χ1) is 8.75. The van der Waals surface area contributed by atoms with Gasteiger partial charge in [-0.05, 0) is 30.3 Å². The van der Waals surface area contributed by atoms with Gasteiger partial charge in [0.25, 0.3) is 0 Å². The Hall–Kier alpha value is -2.03. The van der Waals surface area contributed by atoms with Gasteiger partial charge in [0, 0.05) is 31.5 Å². The minimum absolute atomic E-state index is 0.199. The van der Waals surface area contributed by atoms with Crippen molar-refractivity contribution in [3.63, 3.8) is 0 Å². The molecule has 2 aromatic rings. The number of likely N-dealkylation sites (N-methyl/N-ethyl adjacent to an activating group) is 1. The number of halogens is 1. The maximum atomic E-state index is 13.1. The van der Waals surface area contributed by atoms with E-state index in [1.165, 1.54) is 6.07 Å². The fourth-order valence-corrected chi connectivity index (χ4v) is 1.77. The first-order valence-corrected chi connectivity index (χ1v) is 6.01. The molecule has 0 unspecified atom stereocenters. The highest BCUT2D eigenvalue weighted by atomic mass is 19.1. The smallest absolute Gasteiger partial charge is 0.125 e. The number of para-hydroxylation sites is 1. The van der Waals surface area contributed by atoms with Crippen LogP contribution in [0.2, 0.25) is 0 Å². The molecule has 0 bridgehead atoms. The van der Waals surface area contributed by atoms with Gasteiger partial charge in [0.1, 0.15) is 5.82 Å². The minimum atomic E-state index is -0.199. The van der Waals surface area contributed by atoms with E-state index < -0.39 is 0 Å². The first-order valence-electron chi connectivity index (χ1n) is 6.01. The Kier molecular flexibility index (Phi) is 4.18. The Bertz CT molecular complexity index is 485. The number of hydrogen-bond acceptors (Lipinski definition) is 2. The molecule has 0 fully saturated rings. The van der Waals surface area contributed by atoms with Crippen molar-refractivity contribution in [1.29, 1.82) is 0 Å². The lowest BCUT2D eigenvalue weighted by Crippen LogP contribution is -2.24. The summed E-state index contributed by atoms with van der Waals surface area (Å²) in [6.07, 6.45) is 0. The number of rotatable bonds is 5. The Morgan fingerprint density at radius 2 is 1.83 bits per heavy atom. The summed E-state index contributed by atoms with van der Waals surface area (Å²) >= 11 is 0. The third-order valence-corrected chi connectivity index (χ3v) is 2.80. The third-order valence-electron chi connectivity index (χ3n) is 2.80. The molecule has 2 aromatic carbocycles. The van der Waals surface area contributed by atoms with Crippen LogP contribution in [0.5, 0.6) is 0 Å². The van der Waals surface area contributed by atoms with E-state index in [-0.39, 0.29) is 5.82 Å². The minimum Gasteiger partial charge on any atom is -0.383 e. The van der Waals surface area contributed by atoms with E-state index in [1.807, 2.05) is 48.3 Å². The molecule has 3 heteroatoms. The summed E-state index contributed by atoms with van der Waals surface area (Å²) in [5.74, 6) is -0.199. The molecule has 2 nitrogen and oxygen atoms in total. The fraction of sp³-hybridized carbons (Fsp3) is 0.200. The van der Waals surface area contributed by atoms with E-state index in [9.17, 15) is 4.39 Å². The number of nitrogens with zero attached hydrogens (tertiary/aromatic N) is 1. The van der Waals surface area contributed by atoms with Crippen LogP contribution in [-0.2, 0) is 0 Å².